The van der Waals surface area contributed by atoms with Crippen molar-refractivity contribution in [3.05, 3.63) is 30.6 Å². The van der Waals surface area contributed by atoms with Crippen molar-refractivity contribution >= 4 is 16.7 Å². The molecule has 2 fully saturated rings. The lowest BCUT2D eigenvalue weighted by Gasteiger charge is -2.41. The Morgan fingerprint density at radius 2 is 1.73 bits per heavy atom. The topological polar surface area (TPSA) is 41.5 Å². The Labute approximate surface area is 130 Å². The highest BCUT2D eigenvalue weighted by atomic mass is 16.5. The van der Waals surface area contributed by atoms with E-state index in [1.54, 1.807) is 6.33 Å². The van der Waals surface area contributed by atoms with E-state index in [4.69, 9.17) is 4.74 Å². The first kappa shape index (κ1) is 13.9. The Hall–Kier alpha value is -1.72. The molecule has 4 rings (SSSR count). The maximum Gasteiger partial charge on any atom is 0.139 e. The highest BCUT2D eigenvalue weighted by Crippen LogP contribution is 2.24. The molecule has 0 unspecified atom stereocenters. The molecule has 2 aromatic rings. The fourth-order valence-corrected chi connectivity index (χ4v) is 3.59. The van der Waals surface area contributed by atoms with E-state index in [9.17, 15) is 0 Å². The maximum absolute atomic E-state index is 5.48. The fourth-order valence-electron chi connectivity index (χ4n) is 3.59. The molecular weight excluding hydrogens is 276 g/mol. The molecule has 0 saturated carbocycles. The van der Waals surface area contributed by atoms with Gasteiger partial charge in [0.25, 0.3) is 0 Å². The summed E-state index contributed by atoms with van der Waals surface area (Å²) >= 11 is 0. The lowest BCUT2D eigenvalue weighted by Crippen LogP contribution is -2.51. The van der Waals surface area contributed by atoms with E-state index in [1.165, 1.54) is 12.8 Å². The smallest absolute Gasteiger partial charge is 0.139 e. The number of benzene rings is 1. The van der Waals surface area contributed by atoms with Crippen LogP contribution in [-0.2, 0) is 4.74 Å². The van der Waals surface area contributed by atoms with E-state index >= 15 is 0 Å². The molecule has 5 heteroatoms. The molecule has 2 saturated heterocycles. The van der Waals surface area contributed by atoms with Crippen molar-refractivity contribution in [3.63, 3.8) is 0 Å². The van der Waals surface area contributed by atoms with Gasteiger partial charge < -0.3 is 9.64 Å². The second-order valence-electron chi connectivity index (χ2n) is 6.08. The van der Waals surface area contributed by atoms with Gasteiger partial charge in [0.1, 0.15) is 12.1 Å². The summed E-state index contributed by atoms with van der Waals surface area (Å²) in [5.74, 6) is 1.08. The van der Waals surface area contributed by atoms with Crippen molar-refractivity contribution in [2.75, 3.05) is 44.3 Å². The van der Waals surface area contributed by atoms with Crippen LogP contribution in [0.3, 0.4) is 0 Å². The van der Waals surface area contributed by atoms with Gasteiger partial charge in [-0.1, -0.05) is 12.1 Å². The van der Waals surface area contributed by atoms with Crippen LogP contribution in [0.5, 0.6) is 0 Å². The van der Waals surface area contributed by atoms with Gasteiger partial charge in [0.15, 0.2) is 0 Å². The number of fused-ring (bicyclic) bond motifs is 1. The van der Waals surface area contributed by atoms with Gasteiger partial charge in [-0.15, -0.1) is 0 Å². The van der Waals surface area contributed by atoms with Crippen LogP contribution in [0.4, 0.5) is 5.82 Å². The van der Waals surface area contributed by atoms with Crippen LogP contribution in [-0.4, -0.2) is 60.3 Å². The van der Waals surface area contributed by atoms with Crippen molar-refractivity contribution in [2.24, 2.45) is 0 Å². The average molecular weight is 298 g/mol. The lowest BCUT2D eigenvalue weighted by molar-refractivity contribution is 0.0321. The lowest BCUT2D eigenvalue weighted by atomic mass is 10.1. The summed E-state index contributed by atoms with van der Waals surface area (Å²) in [5.41, 5.74) is 1.03. The molecule has 2 aliphatic heterocycles. The van der Waals surface area contributed by atoms with Crippen LogP contribution >= 0.6 is 0 Å². The first-order chi connectivity index (χ1) is 10.9. The molecule has 0 spiro atoms. The van der Waals surface area contributed by atoms with E-state index in [-0.39, 0.29) is 0 Å². The summed E-state index contributed by atoms with van der Waals surface area (Å²) in [6, 6.07) is 8.97. The normalized spacial score (nSPS) is 21.4. The summed E-state index contributed by atoms with van der Waals surface area (Å²) in [6.07, 6.45) is 4.04. The number of rotatable bonds is 2. The molecule has 5 nitrogen and oxygen atoms in total. The zero-order valence-corrected chi connectivity index (χ0v) is 12.8. The van der Waals surface area contributed by atoms with Crippen molar-refractivity contribution in [1.29, 1.82) is 0 Å². The standard InChI is InChI=1S/C17H22N4O/c1-2-4-16-15(3-1)17(19-13-18-16)21-9-7-20(8-10-21)14-5-11-22-12-6-14/h1-4,13-14H,5-12H2. The summed E-state index contributed by atoms with van der Waals surface area (Å²) in [7, 11) is 0. The van der Waals surface area contributed by atoms with Gasteiger partial charge in [0, 0.05) is 50.8 Å². The molecule has 1 aromatic carbocycles. The summed E-state index contributed by atoms with van der Waals surface area (Å²) < 4.78 is 5.48. The number of anilines is 1. The highest BCUT2D eigenvalue weighted by molar-refractivity contribution is 5.89. The Kier molecular flexibility index (Phi) is 3.91. The third-order valence-electron chi connectivity index (χ3n) is 4.84. The zero-order chi connectivity index (χ0) is 14.8. The predicted octanol–water partition coefficient (Wildman–Crippen LogP) is 1.93. The predicted molar refractivity (Wildman–Crippen MR) is 87.2 cm³/mol. The van der Waals surface area contributed by atoms with E-state index in [2.05, 4.69) is 38.0 Å². The van der Waals surface area contributed by atoms with Crippen LogP contribution in [0.2, 0.25) is 0 Å². The third-order valence-corrected chi connectivity index (χ3v) is 4.84. The summed E-state index contributed by atoms with van der Waals surface area (Å²) in [5, 5.41) is 1.16. The minimum absolute atomic E-state index is 0.707. The molecule has 0 radical (unpaired) electrons. The molecule has 0 aliphatic carbocycles. The molecule has 0 N–H and O–H groups in total. The molecule has 3 heterocycles. The second kappa shape index (κ2) is 6.18. The molecule has 0 amide bonds. The van der Waals surface area contributed by atoms with E-state index in [0.29, 0.717) is 6.04 Å². The van der Waals surface area contributed by atoms with Crippen LogP contribution in [0.25, 0.3) is 10.9 Å². The van der Waals surface area contributed by atoms with Crippen LogP contribution in [0, 0.1) is 0 Å². The zero-order valence-electron chi connectivity index (χ0n) is 12.8. The quantitative estimate of drug-likeness (QED) is 0.847. The SMILES string of the molecule is c1ccc2c(N3CCN(C4CCOCC4)CC3)ncnc2c1. The Bertz CT molecular complexity index is 628. The number of nitrogens with zero attached hydrogens (tertiary/aromatic N) is 4. The third kappa shape index (κ3) is 2.66. The van der Waals surface area contributed by atoms with E-state index in [0.717, 1.165) is 56.1 Å². The fraction of sp³-hybridized carbons (Fsp3) is 0.529. The molecular formula is C17H22N4O. The number of ether oxygens (including phenoxy) is 1. The first-order valence-corrected chi connectivity index (χ1v) is 8.18. The van der Waals surface area contributed by atoms with Crippen molar-refractivity contribution < 1.29 is 4.74 Å². The van der Waals surface area contributed by atoms with Gasteiger partial charge in [-0.05, 0) is 25.0 Å². The minimum Gasteiger partial charge on any atom is -0.381 e. The van der Waals surface area contributed by atoms with Gasteiger partial charge >= 0.3 is 0 Å². The number of piperazine rings is 1. The van der Waals surface area contributed by atoms with Gasteiger partial charge in [-0.25, -0.2) is 9.97 Å². The van der Waals surface area contributed by atoms with Crippen molar-refractivity contribution in [3.8, 4) is 0 Å². The molecule has 0 bridgehead atoms. The number of para-hydroxylation sites is 1. The van der Waals surface area contributed by atoms with Crippen LogP contribution < -0.4 is 4.90 Å². The Morgan fingerprint density at radius 3 is 2.55 bits per heavy atom. The van der Waals surface area contributed by atoms with Gasteiger partial charge in [-0.2, -0.15) is 0 Å². The highest BCUT2D eigenvalue weighted by Gasteiger charge is 2.26. The Morgan fingerprint density at radius 1 is 0.955 bits per heavy atom. The number of aromatic nitrogens is 2. The average Bonchev–Trinajstić information content (AvgIpc) is 2.62. The molecule has 0 atom stereocenters. The monoisotopic (exact) mass is 298 g/mol. The molecule has 22 heavy (non-hydrogen) atoms. The van der Waals surface area contributed by atoms with Gasteiger partial charge in [-0.3, -0.25) is 4.90 Å². The van der Waals surface area contributed by atoms with E-state index < -0.39 is 0 Å². The van der Waals surface area contributed by atoms with Crippen molar-refractivity contribution in [1.82, 2.24) is 14.9 Å². The molecule has 1 aromatic heterocycles. The van der Waals surface area contributed by atoms with E-state index in [1.807, 2.05) is 6.07 Å². The molecule has 2 aliphatic rings. The number of hydrogen-bond donors (Lipinski definition) is 0. The van der Waals surface area contributed by atoms with Crippen molar-refractivity contribution in [2.45, 2.75) is 18.9 Å². The van der Waals surface area contributed by atoms with Gasteiger partial charge in [0.2, 0.25) is 0 Å². The summed E-state index contributed by atoms with van der Waals surface area (Å²) in [4.78, 5) is 13.9. The first-order valence-electron chi connectivity index (χ1n) is 8.18. The molecule has 116 valence electrons. The number of hydrogen-bond acceptors (Lipinski definition) is 5. The minimum atomic E-state index is 0.707. The van der Waals surface area contributed by atoms with Crippen LogP contribution in [0.15, 0.2) is 30.6 Å². The van der Waals surface area contributed by atoms with Gasteiger partial charge in [0.05, 0.1) is 5.52 Å². The van der Waals surface area contributed by atoms with Crippen LogP contribution in [0.1, 0.15) is 12.8 Å². The maximum atomic E-state index is 5.48. The largest absolute Gasteiger partial charge is 0.381 e. The Balaban J connectivity index is 1.48. The summed E-state index contributed by atoms with van der Waals surface area (Å²) in [6.45, 7) is 6.14. The second-order valence-corrected chi connectivity index (χ2v) is 6.08.